The summed E-state index contributed by atoms with van der Waals surface area (Å²) in [5, 5.41) is 7.19. The van der Waals surface area contributed by atoms with E-state index in [2.05, 4.69) is 10.4 Å². The van der Waals surface area contributed by atoms with Crippen LogP contribution in [0, 0.1) is 6.92 Å². The molecule has 2 aromatic rings. The Bertz CT molecular complexity index is 1000. The van der Waals surface area contributed by atoms with E-state index in [1.54, 1.807) is 28.6 Å². The summed E-state index contributed by atoms with van der Waals surface area (Å²) >= 11 is 0. The van der Waals surface area contributed by atoms with Crippen LogP contribution in [-0.2, 0) is 16.1 Å². The van der Waals surface area contributed by atoms with Crippen LogP contribution in [0.15, 0.2) is 36.5 Å². The lowest BCUT2D eigenvalue weighted by molar-refractivity contribution is -0.139. The number of amides is 2. The molecule has 4 rings (SSSR count). The van der Waals surface area contributed by atoms with Crippen LogP contribution in [0.25, 0.3) is 0 Å². The number of likely N-dealkylation sites (tertiary alicyclic amines) is 1. The van der Waals surface area contributed by atoms with Gasteiger partial charge in [-0.25, -0.2) is 0 Å². The standard InChI is InChI=1S/C23H28N4O4/c1-16-8-12-26(25-16)14-11-24-22(30)17(2)27-13-10-23(9-7-21(27)29)15-19(28)18-5-3-4-6-20(18)31-23/h3-6,8,12,17H,7,9-11,13-15H2,1-2H3,(H,24,30)/t17-,23+/m1/s1. The first-order valence-electron chi connectivity index (χ1n) is 10.8. The number of carbonyl (C=O) groups is 3. The predicted octanol–water partition coefficient (Wildman–Crippen LogP) is 2.11. The minimum Gasteiger partial charge on any atom is -0.486 e. The highest BCUT2D eigenvalue weighted by atomic mass is 16.5. The van der Waals surface area contributed by atoms with Gasteiger partial charge in [-0.15, -0.1) is 0 Å². The van der Waals surface area contributed by atoms with Crippen molar-refractivity contribution in [3.8, 4) is 5.75 Å². The van der Waals surface area contributed by atoms with Crippen LogP contribution in [0.5, 0.6) is 5.75 Å². The van der Waals surface area contributed by atoms with Crippen LogP contribution in [-0.4, -0.2) is 57.0 Å². The van der Waals surface area contributed by atoms with Gasteiger partial charge in [0.25, 0.3) is 0 Å². The minimum atomic E-state index is -0.690. The van der Waals surface area contributed by atoms with Gasteiger partial charge in [0.1, 0.15) is 17.4 Å². The smallest absolute Gasteiger partial charge is 0.242 e. The molecule has 1 spiro atoms. The van der Waals surface area contributed by atoms with E-state index in [4.69, 9.17) is 4.74 Å². The number of aryl methyl sites for hydroxylation is 1. The first-order chi connectivity index (χ1) is 14.9. The third-order valence-electron chi connectivity index (χ3n) is 6.18. The quantitative estimate of drug-likeness (QED) is 0.794. The van der Waals surface area contributed by atoms with Gasteiger partial charge >= 0.3 is 0 Å². The second-order valence-electron chi connectivity index (χ2n) is 8.41. The summed E-state index contributed by atoms with van der Waals surface area (Å²) in [6, 6.07) is 8.56. The maximum absolute atomic E-state index is 12.8. The van der Waals surface area contributed by atoms with Gasteiger partial charge in [0.15, 0.2) is 5.78 Å². The topological polar surface area (TPSA) is 93.5 Å². The molecule has 8 heteroatoms. The summed E-state index contributed by atoms with van der Waals surface area (Å²) in [4.78, 5) is 39.7. The first-order valence-corrected chi connectivity index (χ1v) is 10.8. The highest BCUT2D eigenvalue weighted by molar-refractivity contribution is 6.00. The number of benzene rings is 1. The fourth-order valence-electron chi connectivity index (χ4n) is 4.35. The third-order valence-corrected chi connectivity index (χ3v) is 6.18. The summed E-state index contributed by atoms with van der Waals surface area (Å²) < 4.78 is 8.03. The van der Waals surface area contributed by atoms with Gasteiger partial charge in [-0.1, -0.05) is 12.1 Å². The van der Waals surface area contributed by atoms with Gasteiger partial charge in [-0.2, -0.15) is 5.10 Å². The molecule has 0 saturated carbocycles. The number of para-hydroxylation sites is 1. The lowest BCUT2D eigenvalue weighted by atomic mass is 9.84. The number of ether oxygens (including phenoxy) is 1. The van der Waals surface area contributed by atoms with E-state index in [0.717, 1.165) is 5.69 Å². The Labute approximate surface area is 181 Å². The molecule has 3 heterocycles. The average Bonchev–Trinajstić information content (AvgIpc) is 3.10. The first kappa shape index (κ1) is 21.1. The van der Waals surface area contributed by atoms with Crippen molar-refractivity contribution in [3.63, 3.8) is 0 Å². The predicted molar refractivity (Wildman–Crippen MR) is 114 cm³/mol. The van der Waals surface area contributed by atoms with Crippen LogP contribution in [0.1, 0.15) is 48.7 Å². The molecule has 2 atom stereocenters. The molecule has 8 nitrogen and oxygen atoms in total. The van der Waals surface area contributed by atoms with Crippen molar-refractivity contribution in [3.05, 3.63) is 47.8 Å². The number of Topliss-reactive ketones (excluding diaryl/α,β-unsaturated/α-hetero) is 1. The van der Waals surface area contributed by atoms with Gasteiger partial charge in [0.2, 0.25) is 11.8 Å². The summed E-state index contributed by atoms with van der Waals surface area (Å²) in [5.74, 6) is 0.345. The van der Waals surface area contributed by atoms with E-state index in [0.29, 0.717) is 43.8 Å². The number of nitrogens with one attached hydrogen (secondary N) is 1. The van der Waals surface area contributed by atoms with Crippen LogP contribution in [0.2, 0.25) is 0 Å². The van der Waals surface area contributed by atoms with Gasteiger partial charge in [-0.05, 0) is 38.5 Å². The summed E-state index contributed by atoms with van der Waals surface area (Å²) in [6.07, 6.45) is 3.36. The molecule has 1 fully saturated rings. The summed E-state index contributed by atoms with van der Waals surface area (Å²) in [5.41, 5.74) is 0.833. The van der Waals surface area contributed by atoms with Crippen LogP contribution < -0.4 is 10.1 Å². The highest BCUT2D eigenvalue weighted by Crippen LogP contribution is 2.39. The van der Waals surface area contributed by atoms with E-state index in [1.165, 1.54) is 0 Å². The fraction of sp³-hybridized carbons (Fsp3) is 0.478. The molecular weight excluding hydrogens is 396 g/mol. The van der Waals surface area contributed by atoms with Crippen molar-refractivity contribution in [2.24, 2.45) is 0 Å². The Hall–Kier alpha value is -3.16. The zero-order valence-electron chi connectivity index (χ0n) is 18.0. The molecule has 2 amide bonds. The van der Waals surface area contributed by atoms with Crippen LogP contribution in [0.3, 0.4) is 0 Å². The normalized spacial score (nSPS) is 21.9. The Morgan fingerprint density at radius 2 is 2.06 bits per heavy atom. The largest absolute Gasteiger partial charge is 0.486 e. The number of aromatic nitrogens is 2. The van der Waals surface area contributed by atoms with Crippen molar-refractivity contribution in [1.82, 2.24) is 20.0 Å². The lowest BCUT2D eigenvalue weighted by Crippen LogP contribution is -2.49. The Kier molecular flexibility index (Phi) is 5.80. The molecular formula is C23H28N4O4. The number of carbonyl (C=O) groups excluding carboxylic acids is 3. The monoisotopic (exact) mass is 424 g/mol. The van der Waals surface area contributed by atoms with Gasteiger partial charge < -0.3 is 15.0 Å². The van der Waals surface area contributed by atoms with Crippen molar-refractivity contribution >= 4 is 17.6 Å². The SMILES string of the molecule is Cc1ccn(CCNC(=O)[C@@H](C)N2CC[C@@]3(CCC2=O)CC(=O)c2ccccc2O3)n1. The number of nitrogens with zero attached hydrogens (tertiary/aromatic N) is 3. The van der Waals surface area contributed by atoms with E-state index >= 15 is 0 Å². The van der Waals surface area contributed by atoms with E-state index in [9.17, 15) is 14.4 Å². The molecule has 1 N–H and O–H groups in total. The molecule has 0 aliphatic carbocycles. The summed E-state index contributed by atoms with van der Waals surface area (Å²) in [6.45, 7) is 5.03. The molecule has 164 valence electrons. The van der Waals surface area contributed by atoms with E-state index in [-0.39, 0.29) is 30.4 Å². The highest BCUT2D eigenvalue weighted by Gasteiger charge is 2.44. The Morgan fingerprint density at radius 1 is 1.26 bits per heavy atom. The zero-order chi connectivity index (χ0) is 22.0. The number of fused-ring (bicyclic) bond motifs is 1. The van der Waals surface area contributed by atoms with Crippen LogP contribution >= 0.6 is 0 Å². The van der Waals surface area contributed by atoms with Gasteiger partial charge in [0.05, 0.1) is 24.2 Å². The molecule has 0 unspecified atom stereocenters. The molecule has 1 aromatic heterocycles. The summed E-state index contributed by atoms with van der Waals surface area (Å²) in [7, 11) is 0. The van der Waals surface area contributed by atoms with Gasteiger partial charge in [-0.3, -0.25) is 19.1 Å². The minimum absolute atomic E-state index is 0.0439. The third kappa shape index (κ3) is 4.47. The van der Waals surface area contributed by atoms with Crippen molar-refractivity contribution in [1.29, 1.82) is 0 Å². The van der Waals surface area contributed by atoms with Crippen LogP contribution in [0.4, 0.5) is 0 Å². The molecule has 1 aromatic carbocycles. The van der Waals surface area contributed by atoms with E-state index in [1.807, 2.05) is 31.3 Å². The second kappa shape index (κ2) is 8.53. The molecule has 0 bridgehead atoms. The van der Waals surface area contributed by atoms with Crippen molar-refractivity contribution in [2.45, 2.75) is 57.7 Å². The fourth-order valence-corrected chi connectivity index (χ4v) is 4.35. The Balaban J connectivity index is 1.37. The van der Waals surface area contributed by atoms with Crippen molar-refractivity contribution < 1.29 is 19.1 Å². The van der Waals surface area contributed by atoms with E-state index < -0.39 is 11.6 Å². The number of hydrogen-bond acceptors (Lipinski definition) is 5. The second-order valence-corrected chi connectivity index (χ2v) is 8.41. The maximum atomic E-state index is 12.8. The molecule has 2 aliphatic rings. The molecule has 31 heavy (non-hydrogen) atoms. The van der Waals surface area contributed by atoms with Gasteiger partial charge in [0, 0.05) is 32.1 Å². The zero-order valence-corrected chi connectivity index (χ0v) is 18.0. The number of hydrogen-bond donors (Lipinski definition) is 1. The molecule has 1 saturated heterocycles. The Morgan fingerprint density at radius 3 is 2.84 bits per heavy atom. The molecule has 0 radical (unpaired) electrons. The number of rotatable bonds is 5. The molecule has 2 aliphatic heterocycles. The number of ketones is 1. The average molecular weight is 425 g/mol. The lowest BCUT2D eigenvalue weighted by Gasteiger charge is -2.37. The maximum Gasteiger partial charge on any atom is 0.242 e. The van der Waals surface area contributed by atoms with Crippen molar-refractivity contribution in [2.75, 3.05) is 13.1 Å².